The molecular weight excluding hydrogens is 330 g/mol. The highest BCUT2D eigenvalue weighted by atomic mass is 16.5. The lowest BCUT2D eigenvalue weighted by molar-refractivity contribution is -0.123. The molecule has 2 atom stereocenters. The predicted octanol–water partition coefficient (Wildman–Crippen LogP) is 3.14. The van der Waals surface area contributed by atoms with Gasteiger partial charge in [0.25, 0.3) is 0 Å². The van der Waals surface area contributed by atoms with E-state index >= 15 is 0 Å². The smallest absolute Gasteiger partial charge is 0.322 e. The first-order valence-electron chi connectivity index (χ1n) is 9.68. The first-order chi connectivity index (χ1) is 12.6. The molecule has 2 bridgehead atoms. The highest BCUT2D eigenvalue weighted by Crippen LogP contribution is 2.36. The normalized spacial score (nSPS) is 27.6. The second-order valence-corrected chi connectivity index (χ2v) is 7.76. The van der Waals surface area contributed by atoms with Crippen LogP contribution < -0.4 is 15.4 Å². The molecule has 0 unspecified atom stereocenters. The van der Waals surface area contributed by atoms with Gasteiger partial charge in [-0.25, -0.2) is 4.79 Å². The van der Waals surface area contributed by atoms with Crippen LogP contribution in [0, 0.1) is 5.92 Å². The van der Waals surface area contributed by atoms with E-state index < -0.39 is 0 Å². The van der Waals surface area contributed by atoms with Gasteiger partial charge in [-0.1, -0.05) is 6.07 Å². The monoisotopic (exact) mass is 357 g/mol. The van der Waals surface area contributed by atoms with Crippen molar-refractivity contribution >= 4 is 17.6 Å². The van der Waals surface area contributed by atoms with Crippen molar-refractivity contribution in [2.24, 2.45) is 5.92 Å². The summed E-state index contributed by atoms with van der Waals surface area (Å²) in [5.74, 6) is 1.18. The quantitative estimate of drug-likeness (QED) is 0.870. The van der Waals surface area contributed by atoms with E-state index in [9.17, 15) is 9.59 Å². The molecule has 3 amide bonds. The molecule has 2 N–H and O–H groups in total. The molecule has 0 spiro atoms. The maximum Gasteiger partial charge on any atom is 0.322 e. The van der Waals surface area contributed by atoms with Gasteiger partial charge in [0.15, 0.2) is 0 Å². The molecule has 2 saturated heterocycles. The molecule has 4 rings (SSSR count). The summed E-state index contributed by atoms with van der Waals surface area (Å²) in [6.07, 6.45) is 6.96. The first-order valence-corrected chi connectivity index (χ1v) is 9.68. The molecule has 3 fully saturated rings. The van der Waals surface area contributed by atoms with Crippen molar-refractivity contribution in [3.8, 4) is 5.75 Å². The van der Waals surface area contributed by atoms with Crippen molar-refractivity contribution in [3.05, 3.63) is 24.3 Å². The van der Waals surface area contributed by atoms with E-state index in [0.29, 0.717) is 0 Å². The fourth-order valence-corrected chi connectivity index (χ4v) is 4.38. The summed E-state index contributed by atoms with van der Waals surface area (Å²) in [6.45, 7) is 0. The predicted molar refractivity (Wildman–Crippen MR) is 99.2 cm³/mol. The number of urea groups is 1. The molecule has 140 valence electrons. The third-order valence-electron chi connectivity index (χ3n) is 5.82. The molecule has 2 heterocycles. The molecule has 26 heavy (non-hydrogen) atoms. The zero-order valence-electron chi connectivity index (χ0n) is 15.2. The second kappa shape index (κ2) is 7.17. The molecule has 6 nitrogen and oxygen atoms in total. The zero-order chi connectivity index (χ0) is 18.1. The lowest BCUT2D eigenvalue weighted by atomic mass is 9.82. The fourth-order valence-electron chi connectivity index (χ4n) is 4.38. The van der Waals surface area contributed by atoms with Gasteiger partial charge in [-0.05, 0) is 57.1 Å². The summed E-state index contributed by atoms with van der Waals surface area (Å²) in [4.78, 5) is 27.0. The van der Waals surface area contributed by atoms with Crippen molar-refractivity contribution in [2.45, 2.75) is 63.1 Å². The fraction of sp³-hybridized carbons (Fsp3) is 0.600. The number of piperidine rings is 2. The number of nitrogens with zero attached hydrogens (tertiary/aromatic N) is 1. The van der Waals surface area contributed by atoms with Crippen LogP contribution in [0.1, 0.15) is 44.9 Å². The highest BCUT2D eigenvalue weighted by molar-refractivity contribution is 5.90. The van der Waals surface area contributed by atoms with Crippen molar-refractivity contribution in [1.82, 2.24) is 10.2 Å². The van der Waals surface area contributed by atoms with Gasteiger partial charge in [-0.3, -0.25) is 4.79 Å². The van der Waals surface area contributed by atoms with Crippen LogP contribution in [0.2, 0.25) is 0 Å². The molecule has 0 aromatic heterocycles. The average Bonchev–Trinajstić information content (AvgIpc) is 3.46. The minimum Gasteiger partial charge on any atom is -0.497 e. The summed E-state index contributed by atoms with van der Waals surface area (Å²) in [5, 5.41) is 6.24. The van der Waals surface area contributed by atoms with Crippen LogP contribution in [0.15, 0.2) is 24.3 Å². The number of nitrogens with one attached hydrogen (secondary N) is 2. The number of ether oxygens (including phenoxy) is 1. The Labute approximate surface area is 154 Å². The van der Waals surface area contributed by atoms with Gasteiger partial charge < -0.3 is 20.3 Å². The zero-order valence-corrected chi connectivity index (χ0v) is 15.2. The lowest BCUT2D eigenvalue weighted by Crippen LogP contribution is -2.59. The van der Waals surface area contributed by atoms with Crippen molar-refractivity contribution in [2.75, 3.05) is 12.4 Å². The first kappa shape index (κ1) is 17.2. The van der Waals surface area contributed by atoms with E-state index in [0.717, 1.165) is 56.4 Å². The molecule has 6 heteroatoms. The summed E-state index contributed by atoms with van der Waals surface area (Å²) in [7, 11) is 1.62. The third kappa shape index (κ3) is 3.64. The van der Waals surface area contributed by atoms with Gasteiger partial charge in [0.1, 0.15) is 5.75 Å². The van der Waals surface area contributed by atoms with E-state index in [4.69, 9.17) is 4.74 Å². The van der Waals surface area contributed by atoms with Crippen LogP contribution in [0.25, 0.3) is 0 Å². The number of benzene rings is 1. The molecule has 1 saturated carbocycles. The van der Waals surface area contributed by atoms with Crippen LogP contribution in [-0.4, -0.2) is 42.1 Å². The number of rotatable bonds is 4. The Morgan fingerprint density at radius 1 is 1.12 bits per heavy atom. The van der Waals surface area contributed by atoms with E-state index in [1.807, 2.05) is 29.2 Å². The Balaban J connectivity index is 1.41. The Morgan fingerprint density at radius 3 is 2.50 bits per heavy atom. The number of anilines is 1. The number of hydrogen-bond acceptors (Lipinski definition) is 3. The van der Waals surface area contributed by atoms with Gasteiger partial charge in [-0.15, -0.1) is 0 Å². The second-order valence-electron chi connectivity index (χ2n) is 7.76. The van der Waals surface area contributed by atoms with Crippen molar-refractivity contribution in [3.63, 3.8) is 0 Å². The van der Waals surface area contributed by atoms with Crippen LogP contribution in [0.5, 0.6) is 5.75 Å². The minimum absolute atomic E-state index is 0.0417. The van der Waals surface area contributed by atoms with Gasteiger partial charge in [0.05, 0.1) is 7.11 Å². The highest BCUT2D eigenvalue weighted by Gasteiger charge is 2.42. The Hall–Kier alpha value is -2.24. The molecule has 0 radical (unpaired) electrons. The molecule has 2 aliphatic heterocycles. The third-order valence-corrected chi connectivity index (χ3v) is 5.82. The largest absolute Gasteiger partial charge is 0.497 e. The van der Waals surface area contributed by atoms with Crippen LogP contribution in [0.4, 0.5) is 10.5 Å². The number of hydrogen-bond donors (Lipinski definition) is 2. The van der Waals surface area contributed by atoms with Gasteiger partial charge in [0, 0.05) is 35.8 Å². The molecule has 1 aliphatic carbocycles. The van der Waals surface area contributed by atoms with Crippen LogP contribution in [-0.2, 0) is 4.79 Å². The maximum atomic E-state index is 12.9. The number of fused-ring (bicyclic) bond motifs is 2. The van der Waals surface area contributed by atoms with Gasteiger partial charge in [-0.2, -0.15) is 0 Å². The van der Waals surface area contributed by atoms with Crippen LogP contribution >= 0.6 is 0 Å². The Kier molecular flexibility index (Phi) is 4.74. The van der Waals surface area contributed by atoms with Gasteiger partial charge in [0.2, 0.25) is 5.91 Å². The number of carbonyl (C=O) groups excluding carboxylic acids is 2. The minimum atomic E-state index is -0.0417. The van der Waals surface area contributed by atoms with E-state index in [2.05, 4.69) is 10.6 Å². The number of methoxy groups -OCH3 is 1. The number of amides is 3. The lowest BCUT2D eigenvalue weighted by Gasteiger charge is -2.48. The molecule has 3 aliphatic rings. The SMILES string of the molecule is COc1cccc(NC(=O)N2[C@@H]3CCC[C@@H]2CC(NC(=O)C2CC2)C3)c1. The van der Waals surface area contributed by atoms with Crippen LogP contribution in [0.3, 0.4) is 0 Å². The summed E-state index contributed by atoms with van der Waals surface area (Å²) in [5.41, 5.74) is 0.747. The number of carbonyl (C=O) groups is 2. The summed E-state index contributed by atoms with van der Waals surface area (Å²) >= 11 is 0. The topological polar surface area (TPSA) is 70.7 Å². The van der Waals surface area contributed by atoms with E-state index in [1.165, 1.54) is 0 Å². The van der Waals surface area contributed by atoms with Crippen molar-refractivity contribution < 1.29 is 14.3 Å². The standard InChI is InChI=1S/C20H27N3O3/c1-26-18-7-2-4-14(12-18)22-20(25)23-16-5-3-6-17(23)11-15(10-16)21-19(24)13-8-9-13/h2,4,7,12-13,15-17H,3,5-6,8-11H2,1H3,(H,21,24)(H,22,25)/t16-,17-/m1/s1. The summed E-state index contributed by atoms with van der Waals surface area (Å²) in [6, 6.07) is 8.01. The van der Waals surface area contributed by atoms with Gasteiger partial charge >= 0.3 is 6.03 Å². The maximum absolute atomic E-state index is 12.9. The summed E-state index contributed by atoms with van der Waals surface area (Å²) < 4.78 is 5.23. The molecular formula is C20H27N3O3. The van der Waals surface area contributed by atoms with E-state index in [-0.39, 0.29) is 36.0 Å². The Morgan fingerprint density at radius 2 is 1.85 bits per heavy atom. The molecule has 1 aromatic carbocycles. The molecule has 1 aromatic rings. The average molecular weight is 357 g/mol. The Bertz CT molecular complexity index is 675. The van der Waals surface area contributed by atoms with E-state index in [1.54, 1.807) is 7.11 Å². The van der Waals surface area contributed by atoms with Crippen molar-refractivity contribution in [1.29, 1.82) is 0 Å².